The maximum atomic E-state index is 12.0. The molecule has 1 saturated carbocycles. The van der Waals surface area contributed by atoms with Crippen LogP contribution in [0.1, 0.15) is 42.3 Å². The first-order valence-electron chi connectivity index (χ1n) is 9.22. The van der Waals surface area contributed by atoms with E-state index >= 15 is 0 Å². The second-order valence-corrected chi connectivity index (χ2v) is 7.93. The topological polar surface area (TPSA) is 57.8 Å². The third-order valence-electron chi connectivity index (χ3n) is 5.15. The Kier molecular flexibility index (Phi) is 5.16. The van der Waals surface area contributed by atoms with E-state index in [1.165, 1.54) is 0 Å². The highest BCUT2D eigenvalue weighted by Crippen LogP contribution is 2.34. The molecule has 4 rings (SSSR count). The predicted molar refractivity (Wildman–Crippen MR) is 107 cm³/mol. The number of hydrogen-bond acceptors (Lipinski definition) is 3. The van der Waals surface area contributed by atoms with Crippen molar-refractivity contribution in [2.24, 2.45) is 5.92 Å². The van der Waals surface area contributed by atoms with E-state index in [1.54, 1.807) is 17.4 Å². The van der Waals surface area contributed by atoms with E-state index in [0.29, 0.717) is 11.8 Å². The Bertz CT molecular complexity index is 856. The lowest BCUT2D eigenvalue weighted by Gasteiger charge is -2.27. The summed E-state index contributed by atoms with van der Waals surface area (Å²) in [5.74, 6) is 2.19. The molecule has 5 heteroatoms. The van der Waals surface area contributed by atoms with Gasteiger partial charge in [-0.1, -0.05) is 18.2 Å². The van der Waals surface area contributed by atoms with Gasteiger partial charge < -0.3 is 10.3 Å². The van der Waals surface area contributed by atoms with E-state index in [0.717, 1.165) is 54.0 Å². The molecule has 26 heavy (non-hydrogen) atoms. The molecule has 1 aliphatic rings. The Morgan fingerprint density at radius 2 is 2.04 bits per heavy atom. The Hall–Kier alpha value is -2.40. The number of benzene rings is 1. The van der Waals surface area contributed by atoms with Gasteiger partial charge in [0.05, 0.1) is 11.0 Å². The van der Waals surface area contributed by atoms with Gasteiger partial charge in [0, 0.05) is 23.4 Å². The first kappa shape index (κ1) is 17.0. The standard InChI is InChI=1S/C21H23N3OS/c25-20(12-11-17-4-3-13-26-17)22-14-15-7-9-16(10-8-15)21-23-18-5-1-2-6-19(18)24-21/h1-6,11-13,15-16H,7-10,14H2,(H,22,25)(H,23,24)/b12-11+. The Balaban J connectivity index is 1.25. The van der Waals surface area contributed by atoms with Crippen molar-refractivity contribution in [1.29, 1.82) is 0 Å². The maximum Gasteiger partial charge on any atom is 0.244 e. The molecule has 1 aliphatic carbocycles. The molecule has 1 fully saturated rings. The van der Waals surface area contributed by atoms with Gasteiger partial charge in [-0.2, -0.15) is 0 Å². The SMILES string of the molecule is O=C(/C=C/c1cccs1)NCC1CCC(c2nc3ccccc3[nH]2)CC1. The quantitative estimate of drug-likeness (QED) is 0.642. The summed E-state index contributed by atoms with van der Waals surface area (Å²) >= 11 is 1.63. The minimum absolute atomic E-state index is 0.00203. The number of nitrogens with one attached hydrogen (secondary N) is 2. The summed E-state index contributed by atoms with van der Waals surface area (Å²) in [5.41, 5.74) is 2.17. The minimum Gasteiger partial charge on any atom is -0.352 e. The van der Waals surface area contributed by atoms with Crippen molar-refractivity contribution in [3.8, 4) is 0 Å². The molecule has 2 aromatic heterocycles. The Morgan fingerprint density at radius 1 is 1.19 bits per heavy atom. The van der Waals surface area contributed by atoms with Crippen molar-refractivity contribution >= 4 is 34.4 Å². The molecule has 0 atom stereocenters. The summed E-state index contributed by atoms with van der Waals surface area (Å²) in [7, 11) is 0. The summed E-state index contributed by atoms with van der Waals surface area (Å²) in [4.78, 5) is 21.3. The van der Waals surface area contributed by atoms with Crippen LogP contribution in [0.4, 0.5) is 0 Å². The molecule has 1 amide bonds. The van der Waals surface area contributed by atoms with Crippen LogP contribution >= 0.6 is 11.3 Å². The molecule has 2 N–H and O–H groups in total. The molecule has 0 bridgehead atoms. The molecule has 134 valence electrons. The number of thiophene rings is 1. The summed E-state index contributed by atoms with van der Waals surface area (Å²) in [6.07, 6.45) is 8.04. The smallest absolute Gasteiger partial charge is 0.244 e. The van der Waals surface area contributed by atoms with E-state index < -0.39 is 0 Å². The monoisotopic (exact) mass is 365 g/mol. The number of H-pyrrole nitrogens is 1. The summed E-state index contributed by atoms with van der Waals surface area (Å²) in [6.45, 7) is 0.764. The molecule has 3 aromatic rings. The number of para-hydroxylation sites is 2. The minimum atomic E-state index is -0.00203. The number of carbonyl (C=O) groups excluding carboxylic acids is 1. The first-order valence-corrected chi connectivity index (χ1v) is 10.1. The van der Waals surface area contributed by atoms with Crippen LogP contribution in [-0.4, -0.2) is 22.4 Å². The Morgan fingerprint density at radius 3 is 2.81 bits per heavy atom. The molecule has 0 unspecified atom stereocenters. The van der Waals surface area contributed by atoms with Crippen LogP contribution in [0.3, 0.4) is 0 Å². The number of aromatic amines is 1. The highest BCUT2D eigenvalue weighted by molar-refractivity contribution is 7.10. The van der Waals surface area contributed by atoms with E-state index in [2.05, 4.69) is 22.4 Å². The van der Waals surface area contributed by atoms with Crippen molar-refractivity contribution in [1.82, 2.24) is 15.3 Å². The molecule has 1 aromatic carbocycles. The third kappa shape index (κ3) is 4.05. The lowest BCUT2D eigenvalue weighted by molar-refractivity contribution is -0.116. The largest absolute Gasteiger partial charge is 0.352 e. The first-order chi connectivity index (χ1) is 12.8. The van der Waals surface area contributed by atoms with Gasteiger partial charge in [0.1, 0.15) is 5.82 Å². The number of aromatic nitrogens is 2. The summed E-state index contributed by atoms with van der Waals surface area (Å²) < 4.78 is 0. The zero-order valence-electron chi connectivity index (χ0n) is 14.7. The number of nitrogens with zero attached hydrogens (tertiary/aromatic N) is 1. The van der Waals surface area contributed by atoms with E-state index in [-0.39, 0.29) is 5.91 Å². The van der Waals surface area contributed by atoms with Gasteiger partial charge in [-0.15, -0.1) is 11.3 Å². The Labute approximate surface area is 157 Å². The number of carbonyl (C=O) groups is 1. The number of hydrogen-bond donors (Lipinski definition) is 2. The van der Waals surface area contributed by atoms with Crippen LogP contribution in [0.5, 0.6) is 0 Å². The van der Waals surface area contributed by atoms with Gasteiger partial charge in [0.15, 0.2) is 0 Å². The van der Waals surface area contributed by atoms with Crippen molar-refractivity contribution in [2.75, 3.05) is 6.54 Å². The predicted octanol–water partition coefficient (Wildman–Crippen LogP) is 4.73. The van der Waals surface area contributed by atoms with E-state index in [9.17, 15) is 4.79 Å². The van der Waals surface area contributed by atoms with E-state index in [1.807, 2.05) is 35.7 Å². The fourth-order valence-corrected chi connectivity index (χ4v) is 4.27. The molecule has 4 nitrogen and oxygen atoms in total. The van der Waals surface area contributed by atoms with Crippen molar-refractivity contribution in [2.45, 2.75) is 31.6 Å². The van der Waals surface area contributed by atoms with Crippen molar-refractivity contribution in [3.05, 3.63) is 58.6 Å². The van der Waals surface area contributed by atoms with Crippen LogP contribution < -0.4 is 5.32 Å². The molecule has 0 saturated heterocycles. The molecular weight excluding hydrogens is 342 g/mol. The summed E-state index contributed by atoms with van der Waals surface area (Å²) in [6, 6.07) is 12.2. The van der Waals surface area contributed by atoms with Gasteiger partial charge in [0.25, 0.3) is 0 Å². The van der Waals surface area contributed by atoms with Crippen LogP contribution in [0.15, 0.2) is 47.9 Å². The zero-order chi connectivity index (χ0) is 17.8. The van der Waals surface area contributed by atoms with Crippen LogP contribution in [-0.2, 0) is 4.79 Å². The van der Waals surface area contributed by atoms with Crippen molar-refractivity contribution in [3.63, 3.8) is 0 Å². The van der Waals surface area contributed by atoms with Gasteiger partial charge in [-0.05, 0) is 61.3 Å². The summed E-state index contributed by atoms with van der Waals surface area (Å²) in [5, 5.41) is 5.06. The van der Waals surface area contributed by atoms with Crippen LogP contribution in [0.2, 0.25) is 0 Å². The fourth-order valence-electron chi connectivity index (χ4n) is 3.65. The number of rotatable bonds is 5. The maximum absolute atomic E-state index is 12.0. The average molecular weight is 366 g/mol. The highest BCUT2D eigenvalue weighted by Gasteiger charge is 2.24. The molecular formula is C21H23N3OS. The van der Waals surface area contributed by atoms with Crippen LogP contribution in [0, 0.1) is 5.92 Å². The van der Waals surface area contributed by atoms with E-state index in [4.69, 9.17) is 4.98 Å². The fraction of sp³-hybridized carbons (Fsp3) is 0.333. The van der Waals surface area contributed by atoms with Gasteiger partial charge >= 0.3 is 0 Å². The molecule has 0 aliphatic heterocycles. The van der Waals surface area contributed by atoms with Gasteiger partial charge in [-0.3, -0.25) is 4.79 Å². The zero-order valence-corrected chi connectivity index (χ0v) is 15.5. The second kappa shape index (κ2) is 7.87. The molecule has 2 heterocycles. The second-order valence-electron chi connectivity index (χ2n) is 6.95. The molecule has 0 spiro atoms. The highest BCUT2D eigenvalue weighted by atomic mass is 32.1. The van der Waals surface area contributed by atoms with Gasteiger partial charge in [0.2, 0.25) is 5.91 Å². The normalized spacial score (nSPS) is 20.6. The van der Waals surface area contributed by atoms with Gasteiger partial charge in [-0.25, -0.2) is 4.98 Å². The third-order valence-corrected chi connectivity index (χ3v) is 5.99. The molecule has 0 radical (unpaired) electrons. The lowest BCUT2D eigenvalue weighted by Crippen LogP contribution is -2.30. The van der Waals surface area contributed by atoms with Crippen molar-refractivity contribution < 1.29 is 4.79 Å². The average Bonchev–Trinajstić information content (AvgIpc) is 3.34. The number of imidazole rings is 1. The lowest BCUT2D eigenvalue weighted by atomic mass is 9.81. The number of fused-ring (bicyclic) bond motifs is 1. The number of amides is 1. The van der Waals surface area contributed by atoms with Crippen LogP contribution in [0.25, 0.3) is 17.1 Å².